The minimum atomic E-state index is -4.53. The third-order valence-electron chi connectivity index (χ3n) is 1.85. The second-order valence-corrected chi connectivity index (χ2v) is 3.21. The molecular weight excluding hydrogens is 233 g/mol. The van der Waals surface area contributed by atoms with Crippen LogP contribution in [-0.4, -0.2) is 12.2 Å². The summed E-state index contributed by atoms with van der Waals surface area (Å²) in [7, 11) is 1.29. The van der Waals surface area contributed by atoms with Crippen molar-refractivity contribution in [2.24, 2.45) is 0 Å². The Bertz CT molecular complexity index is 363. The Morgan fingerprint density at radius 1 is 1.40 bits per heavy atom. The summed E-state index contributed by atoms with van der Waals surface area (Å²) in [5.41, 5.74) is -1.21. The van der Waals surface area contributed by atoms with Gasteiger partial charge in [-0.15, -0.1) is 0 Å². The van der Waals surface area contributed by atoms with Gasteiger partial charge in [0.15, 0.2) is 0 Å². The molecule has 2 nitrogen and oxygen atoms in total. The standard InChI is InChI=1S/C9H8ClF3O2/c1-15-8-2-5(4-14)6(3-7(8)10)9(11,12)13/h2-3,14H,4H2,1H3. The van der Waals surface area contributed by atoms with E-state index >= 15 is 0 Å². The quantitative estimate of drug-likeness (QED) is 0.861. The van der Waals surface area contributed by atoms with Crippen molar-refractivity contribution in [1.82, 2.24) is 0 Å². The molecule has 1 aromatic rings. The summed E-state index contributed by atoms with van der Waals surface area (Å²) >= 11 is 5.56. The lowest BCUT2D eigenvalue weighted by Crippen LogP contribution is -2.09. The van der Waals surface area contributed by atoms with E-state index in [0.29, 0.717) is 0 Å². The van der Waals surface area contributed by atoms with Gasteiger partial charge in [0.05, 0.1) is 24.3 Å². The van der Waals surface area contributed by atoms with Crippen molar-refractivity contribution < 1.29 is 23.0 Å². The summed E-state index contributed by atoms with van der Waals surface area (Å²) < 4.78 is 42.1. The highest BCUT2D eigenvalue weighted by Crippen LogP contribution is 2.37. The summed E-state index contributed by atoms with van der Waals surface area (Å²) in [5.74, 6) is 0.105. The minimum absolute atomic E-state index is 0.105. The van der Waals surface area contributed by atoms with E-state index in [1.807, 2.05) is 0 Å². The molecule has 1 rings (SSSR count). The second-order valence-electron chi connectivity index (χ2n) is 2.80. The first-order chi connectivity index (χ1) is 6.90. The Hall–Kier alpha value is -0.940. The molecule has 0 aliphatic rings. The number of alkyl halides is 3. The summed E-state index contributed by atoms with van der Waals surface area (Å²) in [5, 5.41) is 8.66. The highest BCUT2D eigenvalue weighted by atomic mass is 35.5. The number of halogens is 4. The predicted octanol–water partition coefficient (Wildman–Crippen LogP) is 2.86. The Balaban J connectivity index is 3.34. The normalized spacial score (nSPS) is 11.6. The zero-order valence-corrected chi connectivity index (χ0v) is 8.49. The van der Waals surface area contributed by atoms with Crippen LogP contribution >= 0.6 is 11.6 Å². The molecule has 1 aromatic carbocycles. The fraction of sp³-hybridized carbons (Fsp3) is 0.333. The van der Waals surface area contributed by atoms with Crippen molar-refractivity contribution >= 4 is 11.6 Å². The molecule has 0 fully saturated rings. The van der Waals surface area contributed by atoms with Gasteiger partial charge in [-0.05, 0) is 17.7 Å². The molecule has 0 aliphatic heterocycles. The fourth-order valence-corrected chi connectivity index (χ4v) is 1.39. The number of methoxy groups -OCH3 is 1. The summed E-state index contributed by atoms with van der Waals surface area (Å²) in [4.78, 5) is 0. The molecule has 0 unspecified atom stereocenters. The molecule has 0 spiro atoms. The molecule has 0 atom stereocenters. The highest BCUT2D eigenvalue weighted by Gasteiger charge is 2.34. The number of aliphatic hydroxyl groups excluding tert-OH is 1. The zero-order valence-electron chi connectivity index (χ0n) is 7.73. The SMILES string of the molecule is COc1cc(CO)c(C(F)(F)F)cc1Cl. The number of ether oxygens (including phenoxy) is 1. The Morgan fingerprint density at radius 2 is 2.00 bits per heavy atom. The van der Waals surface area contributed by atoms with Crippen LogP contribution in [0.4, 0.5) is 13.2 Å². The van der Waals surface area contributed by atoms with Crippen molar-refractivity contribution in [2.45, 2.75) is 12.8 Å². The van der Waals surface area contributed by atoms with Gasteiger partial charge in [0.2, 0.25) is 0 Å². The molecule has 0 radical (unpaired) electrons. The van der Waals surface area contributed by atoms with Gasteiger partial charge in [0.25, 0.3) is 0 Å². The van der Waals surface area contributed by atoms with Crippen molar-refractivity contribution in [2.75, 3.05) is 7.11 Å². The van der Waals surface area contributed by atoms with Crippen LogP contribution in [0, 0.1) is 0 Å². The first kappa shape index (κ1) is 12.1. The molecular formula is C9H8ClF3O2. The Morgan fingerprint density at radius 3 is 2.40 bits per heavy atom. The maximum Gasteiger partial charge on any atom is 0.416 e. The number of hydrogen-bond donors (Lipinski definition) is 1. The number of rotatable bonds is 2. The van der Waals surface area contributed by atoms with Crippen molar-refractivity contribution in [1.29, 1.82) is 0 Å². The van der Waals surface area contributed by atoms with Crippen molar-refractivity contribution in [3.05, 3.63) is 28.3 Å². The molecule has 0 aromatic heterocycles. The molecule has 0 saturated heterocycles. The smallest absolute Gasteiger partial charge is 0.416 e. The van der Waals surface area contributed by atoms with Crippen LogP contribution in [0.5, 0.6) is 5.75 Å². The third kappa shape index (κ3) is 2.54. The van der Waals surface area contributed by atoms with E-state index in [4.69, 9.17) is 21.4 Å². The van der Waals surface area contributed by atoms with Gasteiger partial charge >= 0.3 is 6.18 Å². The summed E-state index contributed by atoms with van der Waals surface area (Å²) in [6, 6.07) is 1.82. The fourth-order valence-electron chi connectivity index (χ4n) is 1.15. The van der Waals surface area contributed by atoms with Crippen LogP contribution in [0.15, 0.2) is 12.1 Å². The van der Waals surface area contributed by atoms with E-state index < -0.39 is 18.3 Å². The molecule has 0 aliphatic carbocycles. The van der Waals surface area contributed by atoms with Gasteiger partial charge in [-0.25, -0.2) is 0 Å². The molecule has 0 bridgehead atoms. The predicted molar refractivity (Wildman–Crippen MR) is 48.9 cm³/mol. The van der Waals surface area contributed by atoms with E-state index in [0.717, 1.165) is 12.1 Å². The van der Waals surface area contributed by atoms with E-state index in [2.05, 4.69) is 0 Å². The van der Waals surface area contributed by atoms with Gasteiger partial charge in [-0.2, -0.15) is 13.2 Å². The molecule has 15 heavy (non-hydrogen) atoms. The number of benzene rings is 1. The molecule has 84 valence electrons. The highest BCUT2D eigenvalue weighted by molar-refractivity contribution is 6.32. The van der Waals surface area contributed by atoms with Crippen molar-refractivity contribution in [3.63, 3.8) is 0 Å². The molecule has 0 amide bonds. The Labute approximate surface area is 89.2 Å². The molecule has 1 N–H and O–H groups in total. The topological polar surface area (TPSA) is 29.5 Å². The van der Waals surface area contributed by atoms with Crippen LogP contribution in [0.25, 0.3) is 0 Å². The van der Waals surface area contributed by atoms with E-state index in [1.54, 1.807) is 0 Å². The average molecular weight is 241 g/mol. The van der Waals surface area contributed by atoms with Gasteiger partial charge in [0.1, 0.15) is 5.75 Å². The van der Waals surface area contributed by atoms with Gasteiger partial charge < -0.3 is 9.84 Å². The van der Waals surface area contributed by atoms with E-state index in [9.17, 15) is 13.2 Å². The summed E-state index contributed by atoms with van der Waals surface area (Å²) in [6.07, 6.45) is -4.53. The van der Waals surface area contributed by atoms with Gasteiger partial charge in [0, 0.05) is 0 Å². The molecule has 6 heteroatoms. The lowest BCUT2D eigenvalue weighted by atomic mass is 10.1. The van der Waals surface area contributed by atoms with Crippen LogP contribution in [0.2, 0.25) is 5.02 Å². The lowest BCUT2D eigenvalue weighted by molar-refractivity contribution is -0.138. The summed E-state index contributed by atoms with van der Waals surface area (Å²) in [6.45, 7) is -0.720. The number of hydrogen-bond acceptors (Lipinski definition) is 2. The maximum atomic E-state index is 12.4. The second kappa shape index (κ2) is 4.28. The molecule has 0 saturated carbocycles. The minimum Gasteiger partial charge on any atom is -0.495 e. The van der Waals surface area contributed by atoms with Crippen molar-refractivity contribution in [3.8, 4) is 5.75 Å². The van der Waals surface area contributed by atoms with Crippen LogP contribution < -0.4 is 4.74 Å². The van der Waals surface area contributed by atoms with Gasteiger partial charge in [-0.3, -0.25) is 0 Å². The zero-order chi connectivity index (χ0) is 11.6. The third-order valence-corrected chi connectivity index (χ3v) is 2.15. The molecule has 0 heterocycles. The van der Waals surface area contributed by atoms with Gasteiger partial charge in [-0.1, -0.05) is 11.6 Å². The maximum absolute atomic E-state index is 12.4. The van der Waals surface area contributed by atoms with Crippen LogP contribution in [0.3, 0.4) is 0 Å². The van der Waals surface area contributed by atoms with E-state index in [1.165, 1.54) is 7.11 Å². The number of aliphatic hydroxyl groups is 1. The lowest BCUT2D eigenvalue weighted by Gasteiger charge is -2.13. The van der Waals surface area contributed by atoms with Crippen LogP contribution in [-0.2, 0) is 12.8 Å². The largest absolute Gasteiger partial charge is 0.495 e. The van der Waals surface area contributed by atoms with Crippen LogP contribution in [0.1, 0.15) is 11.1 Å². The average Bonchev–Trinajstić information content (AvgIpc) is 2.16. The Kier molecular flexibility index (Phi) is 3.46. The first-order valence-corrected chi connectivity index (χ1v) is 4.32. The monoisotopic (exact) mass is 240 g/mol. The van der Waals surface area contributed by atoms with E-state index in [-0.39, 0.29) is 16.3 Å². The first-order valence-electron chi connectivity index (χ1n) is 3.94.